The van der Waals surface area contributed by atoms with Crippen LogP contribution in [0.15, 0.2) is 18.2 Å². The highest BCUT2D eigenvalue weighted by atomic mass is 19.4. The second-order valence-electron chi connectivity index (χ2n) is 4.42. The van der Waals surface area contributed by atoms with Crippen molar-refractivity contribution in [1.82, 2.24) is 0 Å². The van der Waals surface area contributed by atoms with Gasteiger partial charge in [-0.2, -0.15) is 13.2 Å². The summed E-state index contributed by atoms with van der Waals surface area (Å²) in [7, 11) is 0. The van der Waals surface area contributed by atoms with Gasteiger partial charge >= 0.3 is 6.18 Å². The van der Waals surface area contributed by atoms with Gasteiger partial charge in [0, 0.05) is 11.6 Å². The van der Waals surface area contributed by atoms with E-state index in [0.29, 0.717) is 0 Å². The van der Waals surface area contributed by atoms with Gasteiger partial charge in [-0.25, -0.2) is 4.39 Å². The number of hydrogen-bond donors (Lipinski definition) is 2. The van der Waals surface area contributed by atoms with Crippen molar-refractivity contribution in [3.05, 3.63) is 29.6 Å². The molecule has 0 fully saturated rings. The molecule has 0 saturated heterocycles. The average molecular weight is 277 g/mol. The maximum atomic E-state index is 13.8. The monoisotopic (exact) mass is 277 g/mol. The summed E-state index contributed by atoms with van der Waals surface area (Å²) >= 11 is 0. The van der Waals surface area contributed by atoms with Gasteiger partial charge in [0.05, 0.1) is 5.69 Å². The van der Waals surface area contributed by atoms with E-state index in [2.05, 4.69) is 0 Å². The van der Waals surface area contributed by atoms with Crippen LogP contribution < -0.4 is 10.6 Å². The van der Waals surface area contributed by atoms with E-state index in [1.54, 1.807) is 13.8 Å². The lowest BCUT2D eigenvalue weighted by molar-refractivity contribution is -0.120. The van der Waals surface area contributed by atoms with Gasteiger partial charge < -0.3 is 10.6 Å². The summed E-state index contributed by atoms with van der Waals surface area (Å²) in [6.07, 6.45) is -4.42. The summed E-state index contributed by atoms with van der Waals surface area (Å²) in [6.45, 7) is 1.86. The van der Waals surface area contributed by atoms with Crippen LogP contribution in [0.5, 0.6) is 0 Å². The van der Waals surface area contributed by atoms with E-state index in [1.165, 1.54) is 12.1 Å². The molecule has 0 amide bonds. The molecule has 0 heterocycles. The molecule has 3 N–H and O–H groups in total. The molecule has 0 spiro atoms. The lowest BCUT2D eigenvalue weighted by Crippen LogP contribution is -2.39. The summed E-state index contributed by atoms with van der Waals surface area (Å²) in [5, 5.41) is 7.16. The second-order valence-corrected chi connectivity index (χ2v) is 4.42. The zero-order valence-electron chi connectivity index (χ0n) is 10.6. The van der Waals surface area contributed by atoms with Crippen molar-refractivity contribution >= 4 is 11.5 Å². The lowest BCUT2D eigenvalue weighted by atomic mass is 10.1. The van der Waals surface area contributed by atoms with Crippen molar-refractivity contribution in [1.29, 1.82) is 5.41 Å². The van der Waals surface area contributed by atoms with E-state index in [4.69, 9.17) is 11.1 Å². The summed E-state index contributed by atoms with van der Waals surface area (Å²) < 4.78 is 51.3. The molecule has 19 heavy (non-hydrogen) atoms. The zero-order chi connectivity index (χ0) is 14.8. The van der Waals surface area contributed by atoms with E-state index >= 15 is 0 Å². The molecule has 1 aromatic rings. The molecule has 0 aliphatic carbocycles. The van der Waals surface area contributed by atoms with E-state index in [1.807, 2.05) is 0 Å². The lowest BCUT2D eigenvalue weighted by Gasteiger charge is -2.30. The normalized spacial score (nSPS) is 11.7. The summed E-state index contributed by atoms with van der Waals surface area (Å²) in [5.41, 5.74) is 5.17. The number of anilines is 1. The van der Waals surface area contributed by atoms with Crippen molar-refractivity contribution in [2.45, 2.75) is 26.1 Å². The first-order chi connectivity index (χ1) is 8.61. The molecule has 0 radical (unpaired) electrons. The first-order valence-electron chi connectivity index (χ1n) is 5.59. The third-order valence-corrected chi connectivity index (χ3v) is 2.54. The molecule has 0 aliphatic heterocycles. The fourth-order valence-electron chi connectivity index (χ4n) is 1.65. The molecule has 0 aromatic heterocycles. The second kappa shape index (κ2) is 5.46. The Kier molecular flexibility index (Phi) is 4.39. The van der Waals surface area contributed by atoms with Gasteiger partial charge in [0.15, 0.2) is 0 Å². The van der Waals surface area contributed by atoms with Gasteiger partial charge in [-0.1, -0.05) is 0 Å². The highest BCUT2D eigenvalue weighted by Crippen LogP contribution is 2.27. The Balaban J connectivity index is 3.14. The van der Waals surface area contributed by atoms with Crippen LogP contribution in [0.3, 0.4) is 0 Å². The maximum absolute atomic E-state index is 13.8. The van der Waals surface area contributed by atoms with Crippen LogP contribution >= 0.6 is 0 Å². The Morgan fingerprint density at radius 3 is 2.32 bits per heavy atom. The minimum Gasteiger partial charge on any atom is -0.384 e. The van der Waals surface area contributed by atoms with Crippen LogP contribution in [0, 0.1) is 11.2 Å². The van der Waals surface area contributed by atoms with Crippen LogP contribution in [0.25, 0.3) is 0 Å². The van der Waals surface area contributed by atoms with Gasteiger partial charge in [-0.3, -0.25) is 5.41 Å². The van der Waals surface area contributed by atoms with Gasteiger partial charge in [-0.05, 0) is 32.0 Å². The molecule has 7 heteroatoms. The molecule has 0 saturated carbocycles. The van der Waals surface area contributed by atoms with Crippen LogP contribution in [0.2, 0.25) is 0 Å². The Morgan fingerprint density at radius 2 is 1.95 bits per heavy atom. The third kappa shape index (κ3) is 4.11. The molecule has 106 valence electrons. The van der Waals surface area contributed by atoms with E-state index in [0.717, 1.165) is 11.0 Å². The number of halogens is 4. The Morgan fingerprint density at radius 1 is 1.37 bits per heavy atom. The topological polar surface area (TPSA) is 53.1 Å². The van der Waals surface area contributed by atoms with Crippen molar-refractivity contribution in [2.24, 2.45) is 5.73 Å². The third-order valence-electron chi connectivity index (χ3n) is 2.54. The molecule has 0 aliphatic rings. The summed E-state index contributed by atoms with van der Waals surface area (Å²) in [4.78, 5) is 0.916. The van der Waals surface area contributed by atoms with E-state index in [9.17, 15) is 17.6 Å². The SMILES string of the molecule is CC(C)N(CC(F)(F)F)c1ccc(C(=N)N)cc1F. The first kappa shape index (κ1) is 15.3. The molecular weight excluding hydrogens is 262 g/mol. The largest absolute Gasteiger partial charge is 0.405 e. The van der Waals surface area contributed by atoms with Crippen molar-refractivity contribution in [3.63, 3.8) is 0 Å². The number of nitrogens with zero attached hydrogens (tertiary/aromatic N) is 1. The number of nitrogens with one attached hydrogen (secondary N) is 1. The minimum absolute atomic E-state index is 0.136. The van der Waals surface area contributed by atoms with Crippen molar-refractivity contribution in [3.8, 4) is 0 Å². The molecular formula is C12H15F4N3. The van der Waals surface area contributed by atoms with Crippen LogP contribution in [-0.4, -0.2) is 24.6 Å². The van der Waals surface area contributed by atoms with Crippen molar-refractivity contribution < 1.29 is 17.6 Å². The van der Waals surface area contributed by atoms with Crippen LogP contribution in [0.1, 0.15) is 19.4 Å². The molecule has 0 unspecified atom stereocenters. The van der Waals surface area contributed by atoms with Crippen molar-refractivity contribution in [2.75, 3.05) is 11.4 Å². The van der Waals surface area contributed by atoms with Gasteiger partial charge in [-0.15, -0.1) is 0 Å². The Bertz CT molecular complexity index is 469. The predicted molar refractivity (Wildman–Crippen MR) is 66.0 cm³/mol. The number of alkyl halides is 3. The number of rotatable bonds is 4. The number of benzene rings is 1. The average Bonchev–Trinajstić information content (AvgIpc) is 2.24. The highest BCUT2D eigenvalue weighted by Gasteiger charge is 2.33. The minimum atomic E-state index is -4.42. The highest BCUT2D eigenvalue weighted by molar-refractivity contribution is 5.95. The van der Waals surface area contributed by atoms with Gasteiger partial charge in [0.1, 0.15) is 18.2 Å². The van der Waals surface area contributed by atoms with Crippen LogP contribution in [0.4, 0.5) is 23.2 Å². The number of amidine groups is 1. The Labute approximate surface area is 108 Å². The molecule has 1 rings (SSSR count). The zero-order valence-corrected chi connectivity index (χ0v) is 10.6. The van der Waals surface area contributed by atoms with Gasteiger partial charge in [0.25, 0.3) is 0 Å². The number of hydrogen-bond acceptors (Lipinski definition) is 2. The number of nitrogens with two attached hydrogens (primary N) is 1. The smallest absolute Gasteiger partial charge is 0.384 e. The van der Waals surface area contributed by atoms with Gasteiger partial charge in [0.2, 0.25) is 0 Å². The summed E-state index contributed by atoms with van der Waals surface area (Å²) in [5.74, 6) is -1.16. The fraction of sp³-hybridized carbons (Fsp3) is 0.417. The van der Waals surface area contributed by atoms with E-state index < -0.39 is 24.6 Å². The molecule has 1 aromatic carbocycles. The standard InChI is InChI=1S/C12H15F4N3/c1-7(2)19(6-12(14,15)16)10-4-3-8(11(17)18)5-9(10)13/h3-5,7H,6H2,1-2H3,(H3,17,18). The van der Waals surface area contributed by atoms with Crippen LogP contribution in [-0.2, 0) is 0 Å². The first-order valence-corrected chi connectivity index (χ1v) is 5.59. The molecule has 3 nitrogen and oxygen atoms in total. The predicted octanol–water partition coefficient (Wildman–Crippen LogP) is 2.89. The quantitative estimate of drug-likeness (QED) is 0.505. The summed E-state index contributed by atoms with van der Waals surface area (Å²) in [6, 6.07) is 2.98. The molecule has 0 bridgehead atoms. The van der Waals surface area contributed by atoms with E-state index in [-0.39, 0.29) is 17.1 Å². The fourth-order valence-corrected chi connectivity index (χ4v) is 1.65. The molecule has 0 atom stereocenters. The maximum Gasteiger partial charge on any atom is 0.405 e. The Hall–Kier alpha value is -1.79. The number of nitrogen functional groups attached to an aromatic ring is 1.